The lowest BCUT2D eigenvalue weighted by atomic mass is 9.80. The SMILES string of the molecule is OC1(C2=CCCCC2)CCNCC1. The van der Waals surface area contributed by atoms with Crippen LogP contribution in [0.1, 0.15) is 38.5 Å². The molecule has 2 aliphatic rings. The second-order valence-electron chi connectivity index (χ2n) is 4.26. The van der Waals surface area contributed by atoms with Crippen molar-refractivity contribution in [1.29, 1.82) is 0 Å². The van der Waals surface area contributed by atoms with E-state index in [0.717, 1.165) is 32.4 Å². The van der Waals surface area contributed by atoms with Crippen LogP contribution in [0.3, 0.4) is 0 Å². The van der Waals surface area contributed by atoms with E-state index in [9.17, 15) is 5.11 Å². The van der Waals surface area contributed by atoms with E-state index < -0.39 is 5.60 Å². The normalized spacial score (nSPS) is 28.2. The summed E-state index contributed by atoms with van der Waals surface area (Å²) >= 11 is 0. The molecular formula is C11H19NO. The van der Waals surface area contributed by atoms with Crippen LogP contribution in [0.2, 0.25) is 0 Å². The van der Waals surface area contributed by atoms with Gasteiger partial charge >= 0.3 is 0 Å². The molecule has 1 fully saturated rings. The Morgan fingerprint density at radius 3 is 2.62 bits per heavy atom. The van der Waals surface area contributed by atoms with Gasteiger partial charge in [-0.25, -0.2) is 0 Å². The van der Waals surface area contributed by atoms with Gasteiger partial charge in [0.25, 0.3) is 0 Å². The van der Waals surface area contributed by atoms with Crippen LogP contribution in [0.4, 0.5) is 0 Å². The van der Waals surface area contributed by atoms with Gasteiger partial charge in [-0.15, -0.1) is 0 Å². The second kappa shape index (κ2) is 3.81. The summed E-state index contributed by atoms with van der Waals surface area (Å²) in [6.07, 6.45) is 8.94. The van der Waals surface area contributed by atoms with Gasteiger partial charge in [-0.2, -0.15) is 0 Å². The molecular weight excluding hydrogens is 162 g/mol. The van der Waals surface area contributed by atoms with Gasteiger partial charge in [0.1, 0.15) is 0 Å². The predicted molar refractivity (Wildman–Crippen MR) is 53.6 cm³/mol. The monoisotopic (exact) mass is 181 g/mol. The van der Waals surface area contributed by atoms with Crippen molar-refractivity contribution in [3.63, 3.8) is 0 Å². The summed E-state index contributed by atoms with van der Waals surface area (Å²) in [7, 11) is 0. The van der Waals surface area contributed by atoms with Gasteiger partial charge in [0.2, 0.25) is 0 Å². The van der Waals surface area contributed by atoms with Crippen LogP contribution in [0, 0.1) is 0 Å². The Balaban J connectivity index is 2.07. The molecule has 0 spiro atoms. The zero-order valence-corrected chi connectivity index (χ0v) is 8.18. The molecule has 0 radical (unpaired) electrons. The molecule has 1 saturated heterocycles. The van der Waals surface area contributed by atoms with Crippen LogP contribution in [0.15, 0.2) is 11.6 Å². The minimum absolute atomic E-state index is 0.453. The van der Waals surface area contributed by atoms with Gasteiger partial charge in [0, 0.05) is 0 Å². The van der Waals surface area contributed by atoms with Crippen molar-refractivity contribution in [2.45, 2.75) is 44.1 Å². The molecule has 0 bridgehead atoms. The Kier molecular flexibility index (Phi) is 2.70. The van der Waals surface area contributed by atoms with Crippen LogP contribution in [-0.4, -0.2) is 23.8 Å². The van der Waals surface area contributed by atoms with E-state index in [0.29, 0.717) is 0 Å². The molecule has 0 atom stereocenters. The van der Waals surface area contributed by atoms with E-state index in [-0.39, 0.29) is 0 Å². The fourth-order valence-corrected chi connectivity index (χ4v) is 2.42. The smallest absolute Gasteiger partial charge is 0.0880 e. The van der Waals surface area contributed by atoms with Crippen molar-refractivity contribution in [3.8, 4) is 0 Å². The van der Waals surface area contributed by atoms with E-state index >= 15 is 0 Å². The Morgan fingerprint density at radius 1 is 1.23 bits per heavy atom. The molecule has 2 rings (SSSR count). The number of hydrogen-bond donors (Lipinski definition) is 2. The molecule has 74 valence electrons. The summed E-state index contributed by atoms with van der Waals surface area (Å²) in [5.41, 5.74) is 0.867. The number of hydrogen-bond acceptors (Lipinski definition) is 2. The quantitative estimate of drug-likeness (QED) is 0.602. The zero-order valence-electron chi connectivity index (χ0n) is 8.18. The van der Waals surface area contributed by atoms with Crippen LogP contribution in [-0.2, 0) is 0 Å². The molecule has 1 aliphatic carbocycles. The maximum atomic E-state index is 10.4. The van der Waals surface area contributed by atoms with Gasteiger partial charge in [0.05, 0.1) is 5.60 Å². The molecule has 0 unspecified atom stereocenters. The van der Waals surface area contributed by atoms with E-state index in [4.69, 9.17) is 0 Å². The van der Waals surface area contributed by atoms with Gasteiger partial charge in [-0.1, -0.05) is 6.08 Å². The van der Waals surface area contributed by atoms with E-state index in [1.807, 2.05) is 0 Å². The molecule has 0 saturated carbocycles. The Hall–Kier alpha value is -0.340. The molecule has 2 nitrogen and oxygen atoms in total. The van der Waals surface area contributed by atoms with Crippen LogP contribution < -0.4 is 5.32 Å². The van der Waals surface area contributed by atoms with Crippen molar-refractivity contribution in [2.75, 3.05) is 13.1 Å². The average molecular weight is 181 g/mol. The highest BCUT2D eigenvalue weighted by Gasteiger charge is 2.33. The predicted octanol–water partition coefficient (Wildman–Crippen LogP) is 1.60. The summed E-state index contributed by atoms with van der Waals surface area (Å²) < 4.78 is 0. The summed E-state index contributed by atoms with van der Waals surface area (Å²) in [4.78, 5) is 0. The molecule has 2 N–H and O–H groups in total. The lowest BCUT2D eigenvalue weighted by Crippen LogP contribution is -2.43. The molecule has 1 aliphatic heterocycles. The minimum atomic E-state index is -0.453. The van der Waals surface area contributed by atoms with Gasteiger partial charge in [0.15, 0.2) is 0 Å². The zero-order chi connectivity index (χ0) is 9.15. The minimum Gasteiger partial charge on any atom is -0.385 e. The van der Waals surface area contributed by atoms with Crippen molar-refractivity contribution in [3.05, 3.63) is 11.6 Å². The van der Waals surface area contributed by atoms with Crippen LogP contribution in [0.5, 0.6) is 0 Å². The largest absolute Gasteiger partial charge is 0.385 e. The number of allylic oxidation sites excluding steroid dienone is 1. The highest BCUT2D eigenvalue weighted by molar-refractivity contribution is 5.19. The molecule has 1 heterocycles. The Labute approximate surface area is 80.0 Å². The van der Waals surface area contributed by atoms with E-state index in [1.165, 1.54) is 24.8 Å². The number of rotatable bonds is 1. The van der Waals surface area contributed by atoms with Crippen molar-refractivity contribution >= 4 is 0 Å². The summed E-state index contributed by atoms with van der Waals surface area (Å²) in [5.74, 6) is 0. The van der Waals surface area contributed by atoms with Crippen molar-refractivity contribution in [1.82, 2.24) is 5.32 Å². The maximum absolute atomic E-state index is 10.4. The molecule has 0 amide bonds. The third kappa shape index (κ3) is 1.94. The van der Waals surface area contributed by atoms with E-state index in [1.54, 1.807) is 0 Å². The second-order valence-corrected chi connectivity index (χ2v) is 4.26. The highest BCUT2D eigenvalue weighted by atomic mass is 16.3. The van der Waals surface area contributed by atoms with Gasteiger partial charge in [-0.05, 0) is 57.2 Å². The van der Waals surface area contributed by atoms with Crippen molar-refractivity contribution in [2.24, 2.45) is 0 Å². The first-order valence-corrected chi connectivity index (χ1v) is 5.44. The lowest BCUT2D eigenvalue weighted by molar-refractivity contribution is 0.0415. The first-order chi connectivity index (χ1) is 6.31. The summed E-state index contributed by atoms with van der Waals surface area (Å²) in [6.45, 7) is 1.93. The van der Waals surface area contributed by atoms with Gasteiger partial charge in [-0.3, -0.25) is 0 Å². The first kappa shape index (κ1) is 9.22. The molecule has 0 aromatic carbocycles. The summed E-state index contributed by atoms with van der Waals surface area (Å²) in [5, 5.41) is 13.7. The number of piperidine rings is 1. The fourth-order valence-electron chi connectivity index (χ4n) is 2.42. The third-order valence-electron chi connectivity index (χ3n) is 3.32. The van der Waals surface area contributed by atoms with E-state index in [2.05, 4.69) is 11.4 Å². The molecule has 0 aromatic heterocycles. The van der Waals surface area contributed by atoms with Gasteiger partial charge < -0.3 is 10.4 Å². The fraction of sp³-hybridized carbons (Fsp3) is 0.818. The molecule has 13 heavy (non-hydrogen) atoms. The van der Waals surface area contributed by atoms with Crippen LogP contribution >= 0.6 is 0 Å². The summed E-state index contributed by atoms with van der Waals surface area (Å²) in [6, 6.07) is 0. The topological polar surface area (TPSA) is 32.3 Å². The number of nitrogens with one attached hydrogen (secondary N) is 1. The number of aliphatic hydroxyl groups is 1. The highest BCUT2D eigenvalue weighted by Crippen LogP contribution is 2.33. The van der Waals surface area contributed by atoms with Crippen molar-refractivity contribution < 1.29 is 5.11 Å². The molecule has 2 heteroatoms. The van der Waals surface area contributed by atoms with Crippen LogP contribution in [0.25, 0.3) is 0 Å². The first-order valence-electron chi connectivity index (χ1n) is 5.44. The standard InChI is InChI=1S/C11H19NO/c13-11(6-8-12-9-7-11)10-4-2-1-3-5-10/h4,12-13H,1-3,5-9H2. The average Bonchev–Trinajstić information content (AvgIpc) is 2.20. The Morgan fingerprint density at radius 2 is 2.00 bits per heavy atom. The Bertz CT molecular complexity index is 204. The maximum Gasteiger partial charge on any atom is 0.0880 e. The third-order valence-corrected chi connectivity index (χ3v) is 3.32. The lowest BCUT2D eigenvalue weighted by Gasteiger charge is -2.36. The molecule has 0 aromatic rings.